The second kappa shape index (κ2) is 7.93. The number of allylic oxidation sites excluding steroid dienone is 1. The lowest BCUT2D eigenvalue weighted by molar-refractivity contribution is -0.241. The maximum Gasteiger partial charge on any atom is 0.424 e. The van der Waals surface area contributed by atoms with E-state index in [4.69, 9.17) is 4.74 Å². The number of hydrogen-bond acceptors (Lipinski definition) is 6. The van der Waals surface area contributed by atoms with Gasteiger partial charge in [-0.15, -0.1) is 0 Å². The van der Waals surface area contributed by atoms with Crippen molar-refractivity contribution >= 4 is 23.7 Å². The Morgan fingerprint density at radius 3 is 2.64 bits per heavy atom. The Morgan fingerprint density at radius 1 is 1.43 bits per heavy atom. The average molecular weight is 396 g/mol. The Labute approximate surface area is 159 Å². The molecule has 7 nitrogen and oxygen atoms in total. The van der Waals surface area contributed by atoms with E-state index in [2.05, 4.69) is 27.0 Å². The maximum atomic E-state index is 13.4. The van der Waals surface area contributed by atoms with Crippen molar-refractivity contribution in [1.29, 1.82) is 0 Å². The number of nitrogens with one attached hydrogen (secondary N) is 1. The van der Waals surface area contributed by atoms with Gasteiger partial charge in [-0.25, -0.2) is 9.97 Å². The van der Waals surface area contributed by atoms with Crippen molar-refractivity contribution in [2.24, 2.45) is 4.99 Å². The smallest absolute Gasteiger partial charge is 0.424 e. The van der Waals surface area contributed by atoms with Crippen molar-refractivity contribution in [3.05, 3.63) is 41.4 Å². The minimum absolute atomic E-state index is 0.00219. The minimum Gasteiger partial charge on any atom is -0.494 e. The normalized spacial score (nSPS) is 14.5. The van der Waals surface area contributed by atoms with E-state index >= 15 is 0 Å². The van der Waals surface area contributed by atoms with Gasteiger partial charge in [0.25, 0.3) is 5.91 Å². The molecule has 1 amide bonds. The van der Waals surface area contributed by atoms with Gasteiger partial charge in [0.05, 0.1) is 30.6 Å². The highest BCUT2D eigenvalue weighted by Gasteiger charge is 2.56. The summed E-state index contributed by atoms with van der Waals surface area (Å²) >= 11 is 0. The van der Waals surface area contributed by atoms with E-state index in [1.165, 1.54) is 32.4 Å². The number of alkyl halides is 3. The number of nitrogens with zero attached hydrogens (tertiary/aromatic N) is 3. The monoisotopic (exact) mass is 396 g/mol. The zero-order chi connectivity index (χ0) is 21.1. The van der Waals surface area contributed by atoms with Gasteiger partial charge in [-0.2, -0.15) is 13.2 Å². The number of halogens is 3. The molecule has 1 unspecified atom stereocenters. The third-order valence-electron chi connectivity index (χ3n) is 4.06. The summed E-state index contributed by atoms with van der Waals surface area (Å²) in [5, 5.41) is 12.2. The molecule has 0 aliphatic rings. The van der Waals surface area contributed by atoms with Crippen LogP contribution in [0.15, 0.2) is 35.1 Å². The van der Waals surface area contributed by atoms with Crippen LogP contribution in [0.4, 0.5) is 13.2 Å². The van der Waals surface area contributed by atoms with E-state index in [1.807, 2.05) is 0 Å². The Morgan fingerprint density at radius 2 is 2.11 bits per heavy atom. The van der Waals surface area contributed by atoms with Gasteiger partial charge in [0, 0.05) is 11.8 Å². The van der Waals surface area contributed by atoms with Crippen LogP contribution in [0.3, 0.4) is 0 Å². The fourth-order valence-corrected chi connectivity index (χ4v) is 2.58. The summed E-state index contributed by atoms with van der Waals surface area (Å²) < 4.78 is 45.3. The lowest BCUT2D eigenvalue weighted by Gasteiger charge is -2.30. The average Bonchev–Trinajstić information content (AvgIpc) is 2.64. The van der Waals surface area contributed by atoms with Crippen LogP contribution < -0.4 is 10.1 Å². The molecule has 150 valence electrons. The molecule has 1 atom stereocenters. The number of aliphatic imine (C=N–C) groups is 1. The molecule has 0 bridgehead atoms. The number of ether oxygens (including phenoxy) is 1. The van der Waals surface area contributed by atoms with Crippen LogP contribution in [0, 0.1) is 6.92 Å². The second-order valence-corrected chi connectivity index (χ2v) is 5.93. The van der Waals surface area contributed by atoms with E-state index < -0.39 is 29.9 Å². The van der Waals surface area contributed by atoms with Crippen LogP contribution in [0.2, 0.25) is 0 Å². The number of aryl methyl sites for hydroxylation is 1. The highest BCUT2D eigenvalue weighted by molar-refractivity contribution is 5.99. The number of methoxy groups -OCH3 is 1. The number of amides is 1. The largest absolute Gasteiger partial charge is 0.494 e. The first-order valence-corrected chi connectivity index (χ1v) is 8.09. The molecule has 2 aromatic rings. The van der Waals surface area contributed by atoms with Gasteiger partial charge in [0.15, 0.2) is 0 Å². The Hall–Kier alpha value is -3.01. The number of aliphatic hydroxyl groups is 1. The van der Waals surface area contributed by atoms with Gasteiger partial charge in [-0.3, -0.25) is 9.79 Å². The topological polar surface area (TPSA) is 96.7 Å². The molecule has 28 heavy (non-hydrogen) atoms. The van der Waals surface area contributed by atoms with Gasteiger partial charge in [0.2, 0.25) is 5.60 Å². The zero-order valence-electron chi connectivity index (χ0n) is 15.5. The summed E-state index contributed by atoms with van der Waals surface area (Å²) in [6.45, 7) is 4.87. The number of benzene rings is 1. The summed E-state index contributed by atoms with van der Waals surface area (Å²) in [7, 11) is 1.37. The lowest BCUT2D eigenvalue weighted by atomic mass is 9.98. The number of hydrogen-bond donors (Lipinski definition) is 2. The highest BCUT2D eigenvalue weighted by atomic mass is 19.4. The molecular weight excluding hydrogens is 377 g/mol. The molecule has 0 spiro atoms. The lowest BCUT2D eigenvalue weighted by Crippen LogP contribution is -2.54. The molecule has 2 rings (SSSR count). The van der Waals surface area contributed by atoms with Crippen LogP contribution in [-0.2, 0) is 0 Å². The van der Waals surface area contributed by atoms with Crippen molar-refractivity contribution in [1.82, 2.24) is 15.3 Å². The Kier molecular flexibility index (Phi) is 6.03. The molecule has 0 aliphatic heterocycles. The minimum atomic E-state index is -5.08. The molecule has 10 heteroatoms. The Bertz CT molecular complexity index is 944. The number of rotatable bonds is 6. The van der Waals surface area contributed by atoms with Crippen molar-refractivity contribution in [3.63, 3.8) is 0 Å². The van der Waals surface area contributed by atoms with Crippen molar-refractivity contribution < 1.29 is 27.8 Å². The molecule has 1 heterocycles. The van der Waals surface area contributed by atoms with Crippen molar-refractivity contribution in [2.45, 2.75) is 25.6 Å². The highest BCUT2D eigenvalue weighted by Crippen LogP contribution is 2.36. The first-order chi connectivity index (χ1) is 13.1. The van der Waals surface area contributed by atoms with E-state index in [1.54, 1.807) is 6.92 Å². The molecule has 0 fully saturated rings. The van der Waals surface area contributed by atoms with E-state index in [9.17, 15) is 23.1 Å². The molecule has 0 radical (unpaired) electrons. The quantitative estimate of drug-likeness (QED) is 0.732. The number of fused-ring (bicyclic) bond motifs is 1. The van der Waals surface area contributed by atoms with E-state index in [-0.39, 0.29) is 11.3 Å². The van der Waals surface area contributed by atoms with Crippen LogP contribution >= 0.6 is 0 Å². The Balaban J connectivity index is 2.37. The van der Waals surface area contributed by atoms with Gasteiger partial charge in [0.1, 0.15) is 11.3 Å². The molecular formula is C18H19F3N4O3. The predicted molar refractivity (Wildman–Crippen MR) is 97.5 cm³/mol. The zero-order valence-corrected chi connectivity index (χ0v) is 15.5. The molecule has 0 aliphatic carbocycles. The molecule has 1 aromatic carbocycles. The summed E-state index contributed by atoms with van der Waals surface area (Å²) in [4.78, 5) is 24.1. The van der Waals surface area contributed by atoms with Crippen molar-refractivity contribution in [3.8, 4) is 5.75 Å². The third kappa shape index (κ3) is 3.96. The van der Waals surface area contributed by atoms with Gasteiger partial charge in [-0.05, 0) is 32.7 Å². The standard InChI is InChI=1S/C18H19F3N4O3/c1-5-14(22-3)17(27,18(19,20)21)9-24-16(26)11-6-12-15(13(7-11)28-4)23-8-10(2)25-12/h5-8,27H,3,9H2,1-2,4H3,(H,24,26)/b14-5-. The summed E-state index contributed by atoms with van der Waals surface area (Å²) in [5.41, 5.74) is -2.74. The number of aromatic nitrogens is 2. The van der Waals surface area contributed by atoms with Crippen LogP contribution in [0.5, 0.6) is 5.75 Å². The second-order valence-electron chi connectivity index (χ2n) is 5.93. The van der Waals surface area contributed by atoms with Crippen molar-refractivity contribution in [2.75, 3.05) is 13.7 Å². The number of carbonyl (C=O) groups excluding carboxylic acids is 1. The third-order valence-corrected chi connectivity index (χ3v) is 4.06. The van der Waals surface area contributed by atoms with Gasteiger partial charge >= 0.3 is 6.18 Å². The first kappa shape index (κ1) is 21.3. The van der Waals surface area contributed by atoms with Gasteiger partial charge in [-0.1, -0.05) is 6.08 Å². The maximum absolute atomic E-state index is 13.4. The molecule has 0 saturated carbocycles. The summed E-state index contributed by atoms with van der Waals surface area (Å²) in [6, 6.07) is 2.71. The SMILES string of the molecule is C=N/C(=C\C)C(O)(CNC(=O)c1cc(OC)c2ncc(C)nc2c1)C(F)(F)F. The summed E-state index contributed by atoms with van der Waals surface area (Å²) in [6.07, 6.45) is -2.58. The van der Waals surface area contributed by atoms with E-state index in [0.29, 0.717) is 16.7 Å². The first-order valence-electron chi connectivity index (χ1n) is 8.09. The number of carbonyl (C=O) groups is 1. The fourth-order valence-electron chi connectivity index (χ4n) is 2.58. The van der Waals surface area contributed by atoms with Crippen LogP contribution in [-0.4, -0.2) is 53.1 Å². The summed E-state index contributed by atoms with van der Waals surface area (Å²) in [5.74, 6) is -0.617. The predicted octanol–water partition coefficient (Wildman–Crippen LogP) is 2.57. The molecule has 0 saturated heterocycles. The van der Waals surface area contributed by atoms with Gasteiger partial charge < -0.3 is 15.2 Å². The molecule has 1 aromatic heterocycles. The molecule has 2 N–H and O–H groups in total. The fraction of sp³-hybridized carbons (Fsp3) is 0.333. The van der Waals surface area contributed by atoms with Crippen LogP contribution in [0.1, 0.15) is 23.0 Å². The van der Waals surface area contributed by atoms with Crippen LogP contribution in [0.25, 0.3) is 11.0 Å². The van der Waals surface area contributed by atoms with E-state index in [0.717, 1.165) is 6.08 Å².